The first-order valence-corrected chi connectivity index (χ1v) is 13.5. The fourth-order valence-electron chi connectivity index (χ4n) is 5.36. The Kier molecular flexibility index (Phi) is 7.21. The van der Waals surface area contributed by atoms with E-state index in [4.69, 9.17) is 14.3 Å². The molecule has 2 fully saturated rings. The van der Waals surface area contributed by atoms with Gasteiger partial charge in [0.1, 0.15) is 12.5 Å². The number of hydroxylamine groups is 1. The van der Waals surface area contributed by atoms with Crippen LogP contribution in [0.2, 0.25) is 0 Å². The van der Waals surface area contributed by atoms with Crippen molar-refractivity contribution in [3.8, 4) is 11.5 Å². The molecule has 40 heavy (non-hydrogen) atoms. The minimum Gasteiger partial charge on any atom is -0.490 e. The second-order valence-electron chi connectivity index (χ2n) is 9.82. The Morgan fingerprint density at radius 2 is 1.38 bits per heavy atom. The van der Waals surface area contributed by atoms with E-state index in [2.05, 4.69) is 0 Å². The van der Waals surface area contributed by atoms with Gasteiger partial charge in [0.05, 0.1) is 24.9 Å². The Bertz CT molecular complexity index is 1480. The normalized spacial score (nSPS) is 20.1. The Morgan fingerprint density at radius 3 is 2.05 bits per heavy atom. The zero-order valence-electron chi connectivity index (χ0n) is 22.2. The highest BCUT2D eigenvalue weighted by Crippen LogP contribution is 2.48. The first kappa shape index (κ1) is 25.6. The lowest BCUT2D eigenvalue weighted by Gasteiger charge is -2.29. The van der Waals surface area contributed by atoms with Crippen molar-refractivity contribution in [2.75, 3.05) is 11.7 Å². The van der Waals surface area contributed by atoms with Gasteiger partial charge in [0, 0.05) is 0 Å². The lowest BCUT2D eigenvalue weighted by atomic mass is 9.90. The van der Waals surface area contributed by atoms with Crippen molar-refractivity contribution in [1.82, 2.24) is 4.90 Å². The van der Waals surface area contributed by atoms with Crippen LogP contribution in [0.4, 0.5) is 5.69 Å². The second-order valence-corrected chi connectivity index (χ2v) is 9.82. The highest BCUT2D eigenvalue weighted by molar-refractivity contribution is 6.07. The van der Waals surface area contributed by atoms with Gasteiger partial charge in [-0.05, 0) is 47.9 Å². The summed E-state index contributed by atoms with van der Waals surface area (Å²) in [4.78, 5) is 34.9. The molecule has 4 aromatic carbocycles. The number of hydrogen-bond donors (Lipinski definition) is 0. The Morgan fingerprint density at radius 1 is 0.725 bits per heavy atom. The smallest absolute Gasteiger partial charge is 0.262 e. The number of carbonyl (C=O) groups excluding carboxylic acids is 2. The molecule has 0 unspecified atom stereocenters. The average Bonchev–Trinajstić information content (AvgIpc) is 3.50. The van der Waals surface area contributed by atoms with Crippen LogP contribution in [0, 0.1) is 5.92 Å². The van der Waals surface area contributed by atoms with Crippen molar-refractivity contribution in [2.45, 2.75) is 32.2 Å². The summed E-state index contributed by atoms with van der Waals surface area (Å²) in [5.41, 5.74) is 3.50. The van der Waals surface area contributed by atoms with Gasteiger partial charge >= 0.3 is 0 Å². The molecule has 3 atom stereocenters. The molecule has 0 aromatic heterocycles. The molecule has 0 aliphatic carbocycles. The van der Waals surface area contributed by atoms with Gasteiger partial charge in [0.2, 0.25) is 5.91 Å². The molecule has 0 radical (unpaired) electrons. The molecule has 6 rings (SSSR count). The Labute approximate surface area is 233 Å². The van der Waals surface area contributed by atoms with Crippen molar-refractivity contribution in [2.24, 2.45) is 5.92 Å². The molecule has 2 aliphatic rings. The van der Waals surface area contributed by atoms with Gasteiger partial charge in [-0.2, -0.15) is 0 Å². The van der Waals surface area contributed by atoms with Gasteiger partial charge in [-0.1, -0.05) is 84.9 Å². The minimum atomic E-state index is -0.911. The predicted molar refractivity (Wildman–Crippen MR) is 150 cm³/mol. The molecule has 0 N–H and O–H groups in total. The van der Waals surface area contributed by atoms with Crippen LogP contribution in [-0.2, 0) is 27.6 Å². The maximum Gasteiger partial charge on any atom is 0.262 e. The van der Waals surface area contributed by atoms with Gasteiger partial charge in [-0.3, -0.25) is 19.3 Å². The van der Waals surface area contributed by atoms with Gasteiger partial charge in [0.15, 0.2) is 17.6 Å². The molecular weight excluding hydrogens is 504 g/mol. The highest BCUT2D eigenvalue weighted by atomic mass is 16.7. The molecule has 2 heterocycles. The van der Waals surface area contributed by atoms with E-state index < -0.39 is 18.1 Å². The van der Waals surface area contributed by atoms with Crippen molar-refractivity contribution in [3.05, 3.63) is 126 Å². The standard InChI is InChI=1S/C33H30N2O5/c1-2-38-28-20-25(18-19-27(28)39-22-24-14-8-4-9-15-24)30-29-31(40-35(30)26-16-10-5-11-17-26)33(37)34(32(29)36)21-23-12-6-3-7-13-23/h3-20,29-31H,2,21-22H2,1H3/t29-,30+,31-/m1/s1. The van der Waals surface area contributed by atoms with E-state index >= 15 is 0 Å². The first-order valence-electron chi connectivity index (χ1n) is 13.5. The summed E-state index contributed by atoms with van der Waals surface area (Å²) in [5, 5.41) is 1.69. The number of anilines is 1. The van der Waals surface area contributed by atoms with Crippen LogP contribution in [0.3, 0.4) is 0 Å². The fourth-order valence-corrected chi connectivity index (χ4v) is 5.36. The number of carbonyl (C=O) groups is 2. The molecule has 202 valence electrons. The topological polar surface area (TPSA) is 68.3 Å². The summed E-state index contributed by atoms with van der Waals surface area (Å²) in [6.07, 6.45) is -0.911. The van der Waals surface area contributed by atoms with Crippen LogP contribution in [0.25, 0.3) is 0 Å². The van der Waals surface area contributed by atoms with Crippen molar-refractivity contribution in [1.29, 1.82) is 0 Å². The Balaban J connectivity index is 1.34. The number of ether oxygens (including phenoxy) is 2. The molecule has 7 nitrogen and oxygen atoms in total. The van der Waals surface area contributed by atoms with E-state index in [9.17, 15) is 9.59 Å². The van der Waals surface area contributed by atoms with Crippen LogP contribution >= 0.6 is 0 Å². The number of nitrogens with zero attached hydrogens (tertiary/aromatic N) is 2. The zero-order chi connectivity index (χ0) is 27.5. The number of hydrogen-bond acceptors (Lipinski definition) is 6. The molecule has 2 aliphatic heterocycles. The van der Waals surface area contributed by atoms with E-state index in [-0.39, 0.29) is 18.4 Å². The van der Waals surface area contributed by atoms with Crippen molar-refractivity contribution in [3.63, 3.8) is 0 Å². The number of imide groups is 1. The van der Waals surface area contributed by atoms with E-state index in [0.717, 1.165) is 22.4 Å². The summed E-state index contributed by atoms with van der Waals surface area (Å²) in [6, 6.07) is 34.1. The van der Waals surface area contributed by atoms with Gasteiger partial charge in [-0.15, -0.1) is 0 Å². The predicted octanol–water partition coefficient (Wildman–Crippen LogP) is 5.71. The maximum atomic E-state index is 13.8. The van der Waals surface area contributed by atoms with E-state index in [1.807, 2.05) is 116 Å². The molecule has 0 saturated carbocycles. The van der Waals surface area contributed by atoms with Crippen LogP contribution in [0.15, 0.2) is 109 Å². The SMILES string of the molecule is CCOc1cc([C@H]2[C@H]3C(=O)N(Cc4ccccc4)C(=O)[C@@H]3ON2c2ccccc2)ccc1OCc1ccccc1. The molecule has 4 aromatic rings. The fraction of sp³-hybridized carbons (Fsp3) is 0.212. The number of fused-ring (bicyclic) bond motifs is 1. The molecule has 0 spiro atoms. The quantitative estimate of drug-likeness (QED) is 0.256. The molecule has 2 amide bonds. The third kappa shape index (κ3) is 4.92. The minimum absolute atomic E-state index is 0.212. The average molecular weight is 535 g/mol. The van der Waals surface area contributed by atoms with Crippen LogP contribution in [-0.4, -0.2) is 29.4 Å². The number of amides is 2. The van der Waals surface area contributed by atoms with Crippen molar-refractivity contribution >= 4 is 17.5 Å². The monoisotopic (exact) mass is 534 g/mol. The third-order valence-electron chi connectivity index (χ3n) is 7.25. The maximum absolute atomic E-state index is 13.8. The summed E-state index contributed by atoms with van der Waals surface area (Å²) >= 11 is 0. The number of para-hydroxylation sites is 1. The summed E-state index contributed by atoms with van der Waals surface area (Å²) in [5.74, 6) is -0.0947. The highest BCUT2D eigenvalue weighted by Gasteiger charge is 2.59. The third-order valence-corrected chi connectivity index (χ3v) is 7.25. The number of benzene rings is 4. The zero-order valence-corrected chi connectivity index (χ0v) is 22.2. The second kappa shape index (κ2) is 11.2. The molecule has 7 heteroatoms. The summed E-state index contributed by atoms with van der Waals surface area (Å²) in [7, 11) is 0. The molecular formula is C33H30N2O5. The van der Waals surface area contributed by atoms with Gasteiger partial charge < -0.3 is 9.47 Å². The van der Waals surface area contributed by atoms with E-state index in [1.54, 1.807) is 5.06 Å². The van der Waals surface area contributed by atoms with E-state index in [1.165, 1.54) is 4.90 Å². The first-order chi connectivity index (χ1) is 19.6. The lowest BCUT2D eigenvalue weighted by molar-refractivity contribution is -0.143. The largest absolute Gasteiger partial charge is 0.490 e. The van der Waals surface area contributed by atoms with Crippen LogP contribution < -0.4 is 14.5 Å². The van der Waals surface area contributed by atoms with Gasteiger partial charge in [0.25, 0.3) is 5.91 Å². The van der Waals surface area contributed by atoms with Gasteiger partial charge in [-0.25, -0.2) is 5.06 Å². The van der Waals surface area contributed by atoms with Crippen LogP contribution in [0.5, 0.6) is 11.5 Å². The molecule has 2 saturated heterocycles. The van der Waals surface area contributed by atoms with E-state index in [0.29, 0.717) is 24.7 Å². The number of rotatable bonds is 9. The van der Waals surface area contributed by atoms with Crippen LogP contribution in [0.1, 0.15) is 29.7 Å². The number of likely N-dealkylation sites (tertiary alicyclic amines) is 1. The molecule has 0 bridgehead atoms. The lowest BCUT2D eigenvalue weighted by Crippen LogP contribution is -2.36. The van der Waals surface area contributed by atoms with Crippen molar-refractivity contribution < 1.29 is 23.9 Å². The summed E-state index contributed by atoms with van der Waals surface area (Å²) < 4.78 is 12.1. The summed E-state index contributed by atoms with van der Waals surface area (Å²) in [6.45, 7) is 2.97. The Hall–Kier alpha value is -4.62.